The van der Waals surface area contributed by atoms with Gasteiger partial charge in [0, 0.05) is 13.1 Å². The highest BCUT2D eigenvalue weighted by Crippen LogP contribution is 2.16. The molecule has 1 saturated heterocycles. The van der Waals surface area contributed by atoms with Crippen LogP contribution in [0.2, 0.25) is 0 Å². The Labute approximate surface area is 118 Å². The minimum absolute atomic E-state index is 0. The van der Waals surface area contributed by atoms with E-state index in [-0.39, 0.29) is 18.0 Å². The van der Waals surface area contributed by atoms with Crippen molar-refractivity contribution in [1.82, 2.24) is 4.90 Å². The Morgan fingerprint density at radius 2 is 2.05 bits per heavy atom. The summed E-state index contributed by atoms with van der Waals surface area (Å²) in [4.78, 5) is 13.0. The zero-order valence-corrected chi connectivity index (χ0v) is 11.4. The predicted octanol–water partition coefficient (Wildman–Crippen LogP) is 2.45. The van der Waals surface area contributed by atoms with Gasteiger partial charge in [-0.1, -0.05) is 0 Å². The molecular formula is C13H18ClFN2O2. The fourth-order valence-electron chi connectivity index (χ4n) is 2.15. The first-order valence-corrected chi connectivity index (χ1v) is 6.16. The Bertz CT molecular complexity index is 437. The Morgan fingerprint density at radius 3 is 2.63 bits per heavy atom. The molecule has 0 radical (unpaired) electrons. The van der Waals surface area contributed by atoms with Crippen molar-refractivity contribution in [3.8, 4) is 0 Å². The molecule has 0 unspecified atom stereocenters. The van der Waals surface area contributed by atoms with Crippen LogP contribution in [0.15, 0.2) is 18.2 Å². The first kappa shape index (κ1) is 15.7. The molecule has 0 amide bonds. The number of hydrogen-bond donors (Lipinski definition) is 2. The van der Waals surface area contributed by atoms with Gasteiger partial charge in [0.25, 0.3) is 0 Å². The summed E-state index contributed by atoms with van der Waals surface area (Å²) < 4.78 is 13.6. The van der Waals surface area contributed by atoms with E-state index in [9.17, 15) is 9.18 Å². The van der Waals surface area contributed by atoms with Crippen LogP contribution in [0.3, 0.4) is 0 Å². The number of benzene rings is 1. The van der Waals surface area contributed by atoms with Crippen molar-refractivity contribution in [1.29, 1.82) is 0 Å². The molecular weight excluding hydrogens is 271 g/mol. The molecule has 2 rings (SSSR count). The SMILES string of the molecule is Cl.O=C(O)c1ccc(NCCN2CCCC2)c(F)c1. The lowest BCUT2D eigenvalue weighted by molar-refractivity contribution is 0.0696. The zero-order chi connectivity index (χ0) is 13.0. The maximum absolute atomic E-state index is 13.6. The monoisotopic (exact) mass is 288 g/mol. The highest BCUT2D eigenvalue weighted by molar-refractivity contribution is 5.88. The van der Waals surface area contributed by atoms with Crippen LogP contribution in [0.4, 0.5) is 10.1 Å². The molecule has 106 valence electrons. The quantitative estimate of drug-likeness (QED) is 0.874. The fourth-order valence-corrected chi connectivity index (χ4v) is 2.15. The number of nitrogens with zero attached hydrogens (tertiary/aromatic N) is 1. The van der Waals surface area contributed by atoms with E-state index in [4.69, 9.17) is 5.11 Å². The van der Waals surface area contributed by atoms with E-state index in [0.717, 1.165) is 25.7 Å². The number of anilines is 1. The van der Waals surface area contributed by atoms with Crippen molar-refractivity contribution in [3.05, 3.63) is 29.6 Å². The third-order valence-corrected chi connectivity index (χ3v) is 3.16. The molecule has 0 aliphatic carbocycles. The summed E-state index contributed by atoms with van der Waals surface area (Å²) in [6.07, 6.45) is 2.48. The molecule has 1 heterocycles. The Morgan fingerprint density at radius 1 is 1.37 bits per heavy atom. The van der Waals surface area contributed by atoms with Crippen LogP contribution in [-0.2, 0) is 0 Å². The summed E-state index contributed by atoms with van der Waals surface area (Å²) in [7, 11) is 0. The molecule has 1 fully saturated rings. The minimum Gasteiger partial charge on any atom is -0.478 e. The van der Waals surface area contributed by atoms with Gasteiger partial charge in [0.15, 0.2) is 0 Å². The molecule has 1 aliphatic heterocycles. The highest BCUT2D eigenvalue weighted by Gasteiger charge is 2.11. The standard InChI is InChI=1S/C13H17FN2O2.ClH/c14-11-9-10(13(17)18)3-4-12(11)15-5-8-16-6-1-2-7-16;/h3-4,9,15H,1-2,5-8H2,(H,17,18);1H. The third-order valence-electron chi connectivity index (χ3n) is 3.16. The van der Waals surface area contributed by atoms with Gasteiger partial charge in [-0.2, -0.15) is 0 Å². The van der Waals surface area contributed by atoms with E-state index < -0.39 is 11.8 Å². The lowest BCUT2D eigenvalue weighted by atomic mass is 10.2. The van der Waals surface area contributed by atoms with E-state index >= 15 is 0 Å². The first-order chi connectivity index (χ1) is 8.66. The Kier molecular flexibility index (Phi) is 6.05. The average molecular weight is 289 g/mol. The number of aromatic carboxylic acids is 1. The Balaban J connectivity index is 0.00000180. The molecule has 19 heavy (non-hydrogen) atoms. The number of rotatable bonds is 5. The van der Waals surface area contributed by atoms with Gasteiger partial charge in [-0.05, 0) is 44.1 Å². The van der Waals surface area contributed by atoms with Crippen molar-refractivity contribution < 1.29 is 14.3 Å². The summed E-state index contributed by atoms with van der Waals surface area (Å²) >= 11 is 0. The van der Waals surface area contributed by atoms with E-state index in [1.54, 1.807) is 0 Å². The number of carboxylic acid groups (broad SMARTS) is 1. The van der Waals surface area contributed by atoms with Crippen molar-refractivity contribution in [2.75, 3.05) is 31.5 Å². The molecule has 6 heteroatoms. The van der Waals surface area contributed by atoms with Crippen LogP contribution in [0, 0.1) is 5.82 Å². The van der Waals surface area contributed by atoms with E-state index in [1.807, 2.05) is 0 Å². The molecule has 0 spiro atoms. The molecule has 4 nitrogen and oxygen atoms in total. The third kappa shape index (κ3) is 4.36. The van der Waals surface area contributed by atoms with Crippen LogP contribution < -0.4 is 5.32 Å². The second-order valence-corrected chi connectivity index (χ2v) is 4.48. The molecule has 0 saturated carbocycles. The van der Waals surface area contributed by atoms with Gasteiger partial charge in [-0.15, -0.1) is 12.4 Å². The van der Waals surface area contributed by atoms with Crippen LogP contribution in [0.5, 0.6) is 0 Å². The highest BCUT2D eigenvalue weighted by atomic mass is 35.5. The van der Waals surface area contributed by atoms with Gasteiger partial charge in [0.2, 0.25) is 0 Å². The smallest absolute Gasteiger partial charge is 0.335 e. The predicted molar refractivity (Wildman–Crippen MR) is 74.8 cm³/mol. The lowest BCUT2D eigenvalue weighted by Gasteiger charge is -2.15. The molecule has 1 aromatic carbocycles. The van der Waals surface area contributed by atoms with Crippen LogP contribution in [0.25, 0.3) is 0 Å². The molecule has 1 aromatic rings. The van der Waals surface area contributed by atoms with Crippen LogP contribution >= 0.6 is 12.4 Å². The molecule has 0 aromatic heterocycles. The van der Waals surface area contributed by atoms with E-state index in [1.165, 1.54) is 25.0 Å². The summed E-state index contributed by atoms with van der Waals surface area (Å²) in [6.45, 7) is 3.79. The summed E-state index contributed by atoms with van der Waals surface area (Å²) in [6, 6.07) is 3.92. The lowest BCUT2D eigenvalue weighted by Crippen LogP contribution is -2.26. The summed E-state index contributed by atoms with van der Waals surface area (Å²) in [5, 5.41) is 11.7. The second-order valence-electron chi connectivity index (χ2n) is 4.48. The van der Waals surface area contributed by atoms with Gasteiger partial charge >= 0.3 is 5.97 Å². The Hall–Kier alpha value is -1.33. The van der Waals surface area contributed by atoms with Crippen molar-refractivity contribution in [3.63, 3.8) is 0 Å². The van der Waals surface area contributed by atoms with Gasteiger partial charge < -0.3 is 15.3 Å². The molecule has 0 atom stereocenters. The topological polar surface area (TPSA) is 52.6 Å². The van der Waals surface area contributed by atoms with Gasteiger partial charge in [-0.25, -0.2) is 9.18 Å². The number of carbonyl (C=O) groups is 1. The molecule has 1 aliphatic rings. The van der Waals surface area contributed by atoms with Crippen molar-refractivity contribution in [2.45, 2.75) is 12.8 Å². The van der Waals surface area contributed by atoms with Crippen LogP contribution in [-0.4, -0.2) is 42.2 Å². The molecule has 0 bridgehead atoms. The van der Waals surface area contributed by atoms with Gasteiger partial charge in [-0.3, -0.25) is 0 Å². The van der Waals surface area contributed by atoms with Crippen molar-refractivity contribution in [2.24, 2.45) is 0 Å². The first-order valence-electron chi connectivity index (χ1n) is 6.16. The van der Waals surface area contributed by atoms with Gasteiger partial charge in [0.1, 0.15) is 5.82 Å². The summed E-state index contributed by atoms with van der Waals surface area (Å²) in [5.74, 6) is -1.63. The van der Waals surface area contributed by atoms with E-state index in [0.29, 0.717) is 12.2 Å². The van der Waals surface area contributed by atoms with Crippen LogP contribution in [0.1, 0.15) is 23.2 Å². The number of hydrogen-bond acceptors (Lipinski definition) is 3. The van der Waals surface area contributed by atoms with Crippen molar-refractivity contribution >= 4 is 24.1 Å². The average Bonchev–Trinajstić information content (AvgIpc) is 2.84. The fraction of sp³-hybridized carbons (Fsp3) is 0.462. The zero-order valence-electron chi connectivity index (χ0n) is 10.6. The van der Waals surface area contributed by atoms with Gasteiger partial charge in [0.05, 0.1) is 11.3 Å². The maximum Gasteiger partial charge on any atom is 0.335 e. The maximum atomic E-state index is 13.6. The minimum atomic E-state index is -1.11. The number of likely N-dealkylation sites (tertiary alicyclic amines) is 1. The number of halogens is 2. The van der Waals surface area contributed by atoms with E-state index in [2.05, 4.69) is 10.2 Å². The second kappa shape index (κ2) is 7.31. The number of carboxylic acids is 1. The number of nitrogens with one attached hydrogen (secondary N) is 1. The largest absolute Gasteiger partial charge is 0.478 e. The normalized spacial score (nSPS) is 15.0. The molecule has 2 N–H and O–H groups in total. The summed E-state index contributed by atoms with van der Waals surface area (Å²) in [5.41, 5.74) is 0.330.